The van der Waals surface area contributed by atoms with Gasteiger partial charge in [-0.05, 0) is 17.8 Å². The molecule has 0 amide bonds. The van der Waals surface area contributed by atoms with E-state index in [1.54, 1.807) is 0 Å². The summed E-state index contributed by atoms with van der Waals surface area (Å²) >= 11 is 0. The van der Waals surface area contributed by atoms with Gasteiger partial charge in [-0.25, -0.2) is 0 Å². The zero-order valence-corrected chi connectivity index (χ0v) is 5.85. The highest BCUT2D eigenvalue weighted by Crippen LogP contribution is 2.53. The first-order chi connectivity index (χ1) is 4.02. The second-order valence-electron chi connectivity index (χ2n) is 3.49. The van der Waals surface area contributed by atoms with E-state index in [2.05, 4.69) is 13.8 Å². The summed E-state index contributed by atoms with van der Waals surface area (Å²) in [7, 11) is 0. The Morgan fingerprint density at radius 2 is 2.22 bits per heavy atom. The highest BCUT2D eigenvalue weighted by molar-refractivity contribution is 5.67. The van der Waals surface area contributed by atoms with Gasteiger partial charge in [0.25, 0.3) is 0 Å². The Balaban J connectivity index is 2.28. The molecule has 9 heavy (non-hydrogen) atoms. The molecule has 0 aromatic rings. The van der Waals surface area contributed by atoms with E-state index in [1.165, 1.54) is 0 Å². The van der Waals surface area contributed by atoms with Crippen LogP contribution in [0.5, 0.6) is 0 Å². The highest BCUT2D eigenvalue weighted by atomic mass is 16.4. The van der Waals surface area contributed by atoms with Crippen molar-refractivity contribution in [1.82, 2.24) is 0 Å². The summed E-state index contributed by atoms with van der Waals surface area (Å²) in [4.78, 5) is 10.1. The minimum Gasteiger partial charge on any atom is -0.481 e. The largest absolute Gasteiger partial charge is 0.481 e. The zero-order chi connectivity index (χ0) is 7.07. The molecule has 0 aromatic carbocycles. The standard InChI is InChI=1S/C7H12O2/c1-7(2)4-5(7)3-6(8)9/h5H,3-4H2,1-2H3,(H,8,9)/t5-/m1/s1. The second kappa shape index (κ2) is 1.72. The molecule has 0 saturated heterocycles. The number of carboxylic acid groups (broad SMARTS) is 1. The summed E-state index contributed by atoms with van der Waals surface area (Å²) in [5.41, 5.74) is 0.318. The van der Waals surface area contributed by atoms with Gasteiger partial charge in [-0.1, -0.05) is 13.8 Å². The number of carboxylic acids is 1. The van der Waals surface area contributed by atoms with Crippen LogP contribution in [0.25, 0.3) is 0 Å². The van der Waals surface area contributed by atoms with Crippen LogP contribution in [0.3, 0.4) is 0 Å². The van der Waals surface area contributed by atoms with E-state index >= 15 is 0 Å². The molecule has 1 aliphatic rings. The molecule has 0 aromatic heterocycles. The zero-order valence-electron chi connectivity index (χ0n) is 5.85. The van der Waals surface area contributed by atoms with E-state index in [-0.39, 0.29) is 0 Å². The van der Waals surface area contributed by atoms with Gasteiger partial charge in [-0.2, -0.15) is 0 Å². The van der Waals surface area contributed by atoms with Gasteiger partial charge < -0.3 is 5.11 Å². The maximum atomic E-state index is 10.1. The molecule has 0 bridgehead atoms. The monoisotopic (exact) mass is 128 g/mol. The normalized spacial score (nSPS) is 29.8. The van der Waals surface area contributed by atoms with Crippen molar-refractivity contribution in [3.05, 3.63) is 0 Å². The SMILES string of the molecule is CC1(C)C[C@H]1CC(=O)O. The maximum Gasteiger partial charge on any atom is 0.303 e. The fourth-order valence-corrected chi connectivity index (χ4v) is 1.14. The Morgan fingerprint density at radius 3 is 2.33 bits per heavy atom. The lowest BCUT2D eigenvalue weighted by Crippen LogP contribution is -1.99. The Kier molecular flexibility index (Phi) is 1.26. The predicted octanol–water partition coefficient (Wildman–Crippen LogP) is 1.51. The van der Waals surface area contributed by atoms with Crippen LogP contribution < -0.4 is 0 Å². The summed E-state index contributed by atoms with van der Waals surface area (Å²) in [5.74, 6) is -0.222. The lowest BCUT2D eigenvalue weighted by Gasteiger charge is -1.97. The first-order valence-electron chi connectivity index (χ1n) is 3.24. The van der Waals surface area contributed by atoms with E-state index in [9.17, 15) is 4.79 Å². The summed E-state index contributed by atoms with van der Waals surface area (Å²) in [6.07, 6.45) is 1.44. The van der Waals surface area contributed by atoms with Gasteiger partial charge in [0.2, 0.25) is 0 Å². The Labute approximate surface area is 54.9 Å². The molecule has 0 heterocycles. The van der Waals surface area contributed by atoms with Crippen LogP contribution >= 0.6 is 0 Å². The number of hydrogen-bond acceptors (Lipinski definition) is 1. The molecule has 2 nitrogen and oxygen atoms in total. The van der Waals surface area contributed by atoms with Gasteiger partial charge in [0, 0.05) is 6.42 Å². The van der Waals surface area contributed by atoms with Crippen molar-refractivity contribution in [2.24, 2.45) is 11.3 Å². The maximum absolute atomic E-state index is 10.1. The molecule has 2 heteroatoms. The Morgan fingerprint density at radius 1 is 1.78 bits per heavy atom. The molecule has 1 saturated carbocycles. The van der Waals surface area contributed by atoms with E-state index < -0.39 is 5.97 Å². The number of hydrogen-bond donors (Lipinski definition) is 1. The van der Waals surface area contributed by atoms with Gasteiger partial charge in [0.1, 0.15) is 0 Å². The van der Waals surface area contributed by atoms with E-state index in [1.807, 2.05) is 0 Å². The summed E-state index contributed by atoms with van der Waals surface area (Å²) < 4.78 is 0. The van der Waals surface area contributed by atoms with Crippen molar-refractivity contribution in [2.75, 3.05) is 0 Å². The molecular formula is C7H12O2. The molecule has 1 aliphatic carbocycles. The van der Waals surface area contributed by atoms with Gasteiger partial charge in [-0.3, -0.25) is 4.79 Å². The van der Waals surface area contributed by atoms with Gasteiger partial charge in [0.05, 0.1) is 0 Å². The second-order valence-corrected chi connectivity index (χ2v) is 3.49. The van der Waals surface area contributed by atoms with Gasteiger partial charge in [-0.15, -0.1) is 0 Å². The Bertz CT molecular complexity index is 138. The van der Waals surface area contributed by atoms with Gasteiger partial charge in [0.15, 0.2) is 0 Å². The summed E-state index contributed by atoms with van der Waals surface area (Å²) in [6.45, 7) is 4.22. The molecule has 1 fully saturated rings. The van der Waals surface area contributed by atoms with Gasteiger partial charge >= 0.3 is 5.97 Å². The minimum absolute atomic E-state index is 0.318. The van der Waals surface area contributed by atoms with Crippen LogP contribution in [0.2, 0.25) is 0 Å². The summed E-state index contributed by atoms with van der Waals surface area (Å²) in [6, 6.07) is 0. The molecule has 1 rings (SSSR count). The van der Waals surface area contributed by atoms with Crippen molar-refractivity contribution in [3.8, 4) is 0 Å². The number of carbonyl (C=O) groups is 1. The third-order valence-electron chi connectivity index (χ3n) is 2.14. The van der Waals surface area contributed by atoms with Crippen LogP contribution in [0, 0.1) is 11.3 Å². The van der Waals surface area contributed by atoms with Crippen molar-refractivity contribution in [1.29, 1.82) is 0 Å². The third-order valence-corrected chi connectivity index (χ3v) is 2.14. The minimum atomic E-state index is -0.662. The van der Waals surface area contributed by atoms with Crippen molar-refractivity contribution < 1.29 is 9.90 Å². The molecule has 52 valence electrons. The lowest BCUT2D eigenvalue weighted by atomic mass is 10.1. The first kappa shape index (κ1) is 6.59. The summed E-state index contributed by atoms with van der Waals surface area (Å²) in [5, 5.41) is 8.36. The van der Waals surface area contributed by atoms with Crippen LogP contribution in [-0.2, 0) is 4.79 Å². The van der Waals surface area contributed by atoms with E-state index in [0.29, 0.717) is 17.8 Å². The quantitative estimate of drug-likeness (QED) is 0.612. The lowest BCUT2D eigenvalue weighted by molar-refractivity contribution is -0.137. The number of aliphatic carboxylic acids is 1. The predicted molar refractivity (Wildman–Crippen MR) is 34.1 cm³/mol. The first-order valence-corrected chi connectivity index (χ1v) is 3.24. The fraction of sp³-hybridized carbons (Fsp3) is 0.857. The topological polar surface area (TPSA) is 37.3 Å². The Hall–Kier alpha value is -0.530. The smallest absolute Gasteiger partial charge is 0.303 e. The van der Waals surface area contributed by atoms with Crippen molar-refractivity contribution >= 4 is 5.97 Å². The van der Waals surface area contributed by atoms with Crippen LogP contribution in [0.1, 0.15) is 26.7 Å². The van der Waals surface area contributed by atoms with E-state index in [4.69, 9.17) is 5.11 Å². The van der Waals surface area contributed by atoms with Crippen LogP contribution in [0.15, 0.2) is 0 Å². The average Bonchev–Trinajstić information content (AvgIpc) is 2.10. The highest BCUT2D eigenvalue weighted by Gasteiger charge is 2.46. The molecular weight excluding hydrogens is 116 g/mol. The van der Waals surface area contributed by atoms with Crippen molar-refractivity contribution in [3.63, 3.8) is 0 Å². The van der Waals surface area contributed by atoms with E-state index in [0.717, 1.165) is 6.42 Å². The third kappa shape index (κ3) is 1.44. The molecule has 0 radical (unpaired) electrons. The van der Waals surface area contributed by atoms with Crippen LogP contribution in [0.4, 0.5) is 0 Å². The number of rotatable bonds is 2. The fourth-order valence-electron chi connectivity index (χ4n) is 1.14. The molecule has 1 N–H and O–H groups in total. The van der Waals surface area contributed by atoms with Crippen LogP contribution in [-0.4, -0.2) is 11.1 Å². The van der Waals surface area contributed by atoms with Crippen molar-refractivity contribution in [2.45, 2.75) is 26.7 Å². The average molecular weight is 128 g/mol. The molecule has 0 aliphatic heterocycles. The molecule has 0 unspecified atom stereocenters. The molecule has 0 spiro atoms. The molecule has 1 atom stereocenters.